The van der Waals surface area contributed by atoms with Crippen molar-refractivity contribution in [1.82, 2.24) is 0 Å². The molecular formula is C24H20N2O6. The zero-order valence-corrected chi connectivity index (χ0v) is 17.4. The van der Waals surface area contributed by atoms with Crippen LogP contribution in [0.1, 0.15) is 24.3 Å². The number of nitrogens with zero attached hydrogens (tertiary/aromatic N) is 1. The predicted octanol–water partition coefficient (Wildman–Crippen LogP) is 3.87. The molecule has 2 N–H and O–H groups in total. The number of aliphatic hydroxyl groups is 1. The number of methoxy groups -OCH3 is 1. The summed E-state index contributed by atoms with van der Waals surface area (Å²) in [6.07, 6.45) is 1.43. The second kappa shape index (κ2) is 8.43. The zero-order chi connectivity index (χ0) is 22.8. The topological polar surface area (TPSA) is 109 Å². The predicted molar refractivity (Wildman–Crippen MR) is 117 cm³/mol. The molecule has 2 amide bonds. The SMILES string of the molecule is COc1ccc(/C(O)=C2/C(=O)C(=O)N(c3cccc(NC(C)=O)c3)C2c2ccco2)cc1. The Labute approximate surface area is 183 Å². The molecule has 4 rings (SSSR count). The Morgan fingerprint density at radius 1 is 1.09 bits per heavy atom. The molecule has 8 nitrogen and oxygen atoms in total. The van der Waals surface area contributed by atoms with Gasteiger partial charge in [0.25, 0.3) is 11.7 Å². The van der Waals surface area contributed by atoms with Crippen molar-refractivity contribution in [2.24, 2.45) is 0 Å². The molecule has 1 aliphatic heterocycles. The van der Waals surface area contributed by atoms with Crippen LogP contribution in [0.5, 0.6) is 5.75 Å². The number of Topliss-reactive ketones (excluding diaryl/α,β-unsaturated/α-hetero) is 1. The van der Waals surface area contributed by atoms with Crippen molar-refractivity contribution in [2.75, 3.05) is 17.3 Å². The van der Waals surface area contributed by atoms with E-state index in [0.717, 1.165) is 0 Å². The van der Waals surface area contributed by atoms with Crippen molar-refractivity contribution in [3.8, 4) is 5.75 Å². The first-order chi connectivity index (χ1) is 15.4. The highest BCUT2D eigenvalue weighted by molar-refractivity contribution is 6.51. The van der Waals surface area contributed by atoms with Crippen LogP contribution < -0.4 is 15.0 Å². The lowest BCUT2D eigenvalue weighted by Crippen LogP contribution is -2.29. The number of nitrogens with one attached hydrogen (secondary N) is 1. The van der Waals surface area contributed by atoms with E-state index in [4.69, 9.17) is 9.15 Å². The summed E-state index contributed by atoms with van der Waals surface area (Å²) >= 11 is 0. The molecule has 2 heterocycles. The molecule has 1 saturated heterocycles. The minimum atomic E-state index is -0.986. The number of hydrogen-bond donors (Lipinski definition) is 2. The fraction of sp³-hybridized carbons (Fsp3) is 0.125. The van der Waals surface area contributed by atoms with E-state index >= 15 is 0 Å². The van der Waals surface area contributed by atoms with Crippen molar-refractivity contribution >= 4 is 34.7 Å². The van der Waals surface area contributed by atoms with E-state index in [2.05, 4.69) is 5.32 Å². The number of ether oxygens (including phenoxy) is 1. The minimum Gasteiger partial charge on any atom is -0.507 e. The van der Waals surface area contributed by atoms with Crippen LogP contribution in [-0.2, 0) is 14.4 Å². The highest BCUT2D eigenvalue weighted by atomic mass is 16.5. The molecule has 0 bridgehead atoms. The average Bonchev–Trinajstić information content (AvgIpc) is 3.40. The number of rotatable bonds is 5. The number of furan rings is 1. The fourth-order valence-electron chi connectivity index (χ4n) is 3.66. The van der Waals surface area contributed by atoms with Gasteiger partial charge in [-0.3, -0.25) is 19.3 Å². The molecule has 0 radical (unpaired) electrons. The van der Waals surface area contributed by atoms with Crippen molar-refractivity contribution in [2.45, 2.75) is 13.0 Å². The molecule has 3 aromatic rings. The number of aliphatic hydroxyl groups excluding tert-OH is 1. The Hall–Kier alpha value is -4.33. The maximum absolute atomic E-state index is 13.1. The lowest BCUT2D eigenvalue weighted by Gasteiger charge is -2.24. The van der Waals surface area contributed by atoms with Gasteiger partial charge in [0.1, 0.15) is 23.3 Å². The maximum Gasteiger partial charge on any atom is 0.300 e. The molecule has 1 fully saturated rings. The van der Waals surface area contributed by atoms with Crippen molar-refractivity contribution in [3.63, 3.8) is 0 Å². The number of carbonyl (C=O) groups excluding carboxylic acids is 3. The molecule has 162 valence electrons. The molecule has 1 atom stereocenters. The molecular weight excluding hydrogens is 412 g/mol. The molecule has 1 aliphatic rings. The van der Waals surface area contributed by atoms with Gasteiger partial charge in [-0.2, -0.15) is 0 Å². The Balaban J connectivity index is 1.86. The average molecular weight is 432 g/mol. The van der Waals surface area contributed by atoms with Crippen LogP contribution in [0.25, 0.3) is 5.76 Å². The van der Waals surface area contributed by atoms with Gasteiger partial charge in [-0.15, -0.1) is 0 Å². The first kappa shape index (κ1) is 20.9. The van der Waals surface area contributed by atoms with Crippen LogP contribution in [0.4, 0.5) is 11.4 Å². The van der Waals surface area contributed by atoms with Gasteiger partial charge in [-0.25, -0.2) is 0 Å². The van der Waals surface area contributed by atoms with Crippen LogP contribution in [0, 0.1) is 0 Å². The Morgan fingerprint density at radius 2 is 1.84 bits per heavy atom. The van der Waals surface area contributed by atoms with E-state index in [1.54, 1.807) is 60.7 Å². The van der Waals surface area contributed by atoms with E-state index in [1.165, 1.54) is 25.2 Å². The molecule has 1 unspecified atom stereocenters. The van der Waals surface area contributed by atoms with Gasteiger partial charge in [0, 0.05) is 23.9 Å². The second-order valence-corrected chi connectivity index (χ2v) is 7.14. The van der Waals surface area contributed by atoms with Gasteiger partial charge < -0.3 is 19.6 Å². The Kier molecular flexibility index (Phi) is 5.51. The minimum absolute atomic E-state index is 0.0972. The molecule has 8 heteroatoms. The van der Waals surface area contributed by atoms with Crippen LogP contribution in [0.3, 0.4) is 0 Å². The van der Waals surface area contributed by atoms with Gasteiger partial charge in [0.15, 0.2) is 0 Å². The largest absolute Gasteiger partial charge is 0.507 e. The number of carbonyl (C=O) groups is 3. The standard InChI is InChI=1S/C24H20N2O6/c1-14(27)25-16-5-3-6-17(13-16)26-21(19-7-4-12-32-19)20(23(29)24(26)30)22(28)15-8-10-18(31-2)11-9-15/h3-13,21,28H,1-2H3,(H,25,27)/b22-20-. The summed E-state index contributed by atoms with van der Waals surface area (Å²) in [6, 6.07) is 15.3. The number of benzene rings is 2. The van der Waals surface area contributed by atoms with Gasteiger partial charge in [-0.1, -0.05) is 6.07 Å². The third kappa shape index (κ3) is 3.74. The van der Waals surface area contributed by atoms with Crippen molar-refractivity contribution in [1.29, 1.82) is 0 Å². The third-order valence-corrected chi connectivity index (χ3v) is 5.07. The Bertz CT molecular complexity index is 1210. The summed E-state index contributed by atoms with van der Waals surface area (Å²) in [5.41, 5.74) is 1.09. The maximum atomic E-state index is 13.1. The summed E-state index contributed by atoms with van der Waals surface area (Å²) in [5, 5.41) is 13.7. The monoisotopic (exact) mass is 432 g/mol. The Morgan fingerprint density at radius 3 is 2.47 bits per heavy atom. The van der Waals surface area contributed by atoms with Crippen LogP contribution >= 0.6 is 0 Å². The zero-order valence-electron chi connectivity index (χ0n) is 17.4. The van der Waals surface area contributed by atoms with E-state index < -0.39 is 17.7 Å². The summed E-state index contributed by atoms with van der Waals surface area (Å²) < 4.78 is 10.7. The summed E-state index contributed by atoms with van der Waals surface area (Å²) in [5.74, 6) is -1.37. The summed E-state index contributed by atoms with van der Waals surface area (Å²) in [4.78, 5) is 38.8. The smallest absolute Gasteiger partial charge is 0.300 e. The molecule has 0 spiro atoms. The highest BCUT2D eigenvalue weighted by Gasteiger charge is 2.48. The van der Waals surface area contributed by atoms with E-state index in [1.807, 2.05) is 0 Å². The van der Waals surface area contributed by atoms with E-state index in [9.17, 15) is 19.5 Å². The lowest BCUT2D eigenvalue weighted by atomic mass is 9.99. The van der Waals surface area contributed by atoms with E-state index in [0.29, 0.717) is 28.4 Å². The fourth-order valence-corrected chi connectivity index (χ4v) is 3.66. The van der Waals surface area contributed by atoms with Crippen molar-refractivity contribution < 1.29 is 28.6 Å². The lowest BCUT2D eigenvalue weighted by molar-refractivity contribution is -0.132. The summed E-state index contributed by atoms with van der Waals surface area (Å²) in [6.45, 7) is 1.37. The number of hydrogen-bond acceptors (Lipinski definition) is 6. The molecule has 0 aliphatic carbocycles. The quantitative estimate of drug-likeness (QED) is 0.360. The van der Waals surface area contributed by atoms with Gasteiger partial charge in [0.05, 0.1) is 18.9 Å². The third-order valence-electron chi connectivity index (χ3n) is 5.07. The first-order valence-corrected chi connectivity index (χ1v) is 9.77. The van der Waals surface area contributed by atoms with Crippen LogP contribution in [0.2, 0.25) is 0 Å². The molecule has 32 heavy (non-hydrogen) atoms. The first-order valence-electron chi connectivity index (χ1n) is 9.77. The van der Waals surface area contributed by atoms with Crippen LogP contribution in [0.15, 0.2) is 76.9 Å². The number of amides is 2. The molecule has 2 aromatic carbocycles. The molecule has 0 saturated carbocycles. The van der Waals surface area contributed by atoms with Crippen molar-refractivity contribution in [3.05, 3.63) is 83.8 Å². The summed E-state index contributed by atoms with van der Waals surface area (Å²) in [7, 11) is 1.52. The normalized spacial score (nSPS) is 17.4. The molecule has 1 aromatic heterocycles. The number of ketones is 1. The highest BCUT2D eigenvalue weighted by Crippen LogP contribution is 2.42. The van der Waals surface area contributed by atoms with Gasteiger partial charge in [-0.05, 0) is 54.6 Å². The van der Waals surface area contributed by atoms with Crippen LogP contribution in [-0.4, -0.2) is 29.8 Å². The van der Waals surface area contributed by atoms with Gasteiger partial charge >= 0.3 is 0 Å². The van der Waals surface area contributed by atoms with E-state index in [-0.39, 0.29) is 17.2 Å². The van der Waals surface area contributed by atoms with Gasteiger partial charge in [0.2, 0.25) is 5.91 Å². The second-order valence-electron chi connectivity index (χ2n) is 7.14. The number of anilines is 2.